The van der Waals surface area contributed by atoms with Crippen molar-refractivity contribution in [2.24, 2.45) is 0 Å². The van der Waals surface area contributed by atoms with Gasteiger partial charge < -0.3 is 9.42 Å². The molecule has 1 aromatic heterocycles. The minimum Gasteiger partial charge on any atom is -0.361 e. The number of aryl methyl sites for hydroxylation is 2. The number of carbonyl (C=O) groups is 1. The van der Waals surface area contributed by atoms with Crippen LogP contribution in [0.3, 0.4) is 0 Å². The summed E-state index contributed by atoms with van der Waals surface area (Å²) in [6.45, 7) is 7.34. The minimum absolute atomic E-state index is 0.00849. The van der Waals surface area contributed by atoms with Crippen LogP contribution in [0, 0.1) is 24.0 Å². The third-order valence-electron chi connectivity index (χ3n) is 4.79. The molecule has 142 valence electrons. The Balaban J connectivity index is 1.57. The maximum atomic E-state index is 12.4. The van der Waals surface area contributed by atoms with Gasteiger partial charge in [0, 0.05) is 50.4 Å². The first-order valence-electron chi connectivity index (χ1n) is 8.80. The second-order valence-electron chi connectivity index (χ2n) is 6.55. The predicted octanol–water partition coefficient (Wildman–Crippen LogP) is 2.56. The van der Waals surface area contributed by atoms with E-state index in [0.29, 0.717) is 18.7 Å². The van der Waals surface area contributed by atoms with Crippen LogP contribution in [0.1, 0.15) is 22.6 Å². The molecule has 8 nitrogen and oxygen atoms in total. The van der Waals surface area contributed by atoms with Crippen LogP contribution in [0.25, 0.3) is 6.08 Å². The van der Waals surface area contributed by atoms with Gasteiger partial charge in [-0.3, -0.25) is 19.8 Å². The molecule has 3 rings (SSSR count). The smallest absolute Gasteiger partial charge is 0.276 e. The Labute approximate surface area is 157 Å². The molecule has 2 heterocycles. The Morgan fingerprint density at radius 1 is 1.26 bits per heavy atom. The number of rotatable bonds is 5. The fraction of sp³-hybridized carbons (Fsp3) is 0.368. The van der Waals surface area contributed by atoms with E-state index >= 15 is 0 Å². The van der Waals surface area contributed by atoms with E-state index in [-0.39, 0.29) is 11.6 Å². The van der Waals surface area contributed by atoms with Crippen LogP contribution >= 0.6 is 0 Å². The summed E-state index contributed by atoms with van der Waals surface area (Å²) >= 11 is 0. The van der Waals surface area contributed by atoms with Gasteiger partial charge in [0.25, 0.3) is 5.69 Å². The zero-order chi connectivity index (χ0) is 19.4. The van der Waals surface area contributed by atoms with Crippen LogP contribution in [0.5, 0.6) is 0 Å². The third-order valence-corrected chi connectivity index (χ3v) is 4.79. The molecular formula is C19H22N4O4. The lowest BCUT2D eigenvalue weighted by Crippen LogP contribution is -2.47. The number of benzene rings is 1. The summed E-state index contributed by atoms with van der Waals surface area (Å²) in [5.41, 5.74) is 2.42. The maximum Gasteiger partial charge on any atom is 0.276 e. The van der Waals surface area contributed by atoms with Gasteiger partial charge in [-0.1, -0.05) is 17.3 Å². The highest BCUT2D eigenvalue weighted by Gasteiger charge is 2.22. The van der Waals surface area contributed by atoms with E-state index < -0.39 is 4.92 Å². The first-order valence-corrected chi connectivity index (χ1v) is 8.80. The number of nitro benzene ring substituents is 1. The van der Waals surface area contributed by atoms with E-state index in [0.717, 1.165) is 36.7 Å². The Morgan fingerprint density at radius 2 is 1.96 bits per heavy atom. The highest BCUT2D eigenvalue weighted by Crippen LogP contribution is 2.19. The van der Waals surface area contributed by atoms with Crippen molar-refractivity contribution >= 4 is 17.7 Å². The number of nitrogens with zero attached hydrogens (tertiary/aromatic N) is 4. The number of carbonyl (C=O) groups excluding carboxylic acids is 1. The van der Waals surface area contributed by atoms with Crippen LogP contribution in [0.2, 0.25) is 0 Å². The van der Waals surface area contributed by atoms with Crippen LogP contribution < -0.4 is 0 Å². The Morgan fingerprint density at radius 3 is 2.59 bits per heavy atom. The third kappa shape index (κ3) is 4.40. The van der Waals surface area contributed by atoms with Gasteiger partial charge in [-0.05, 0) is 26.0 Å². The second-order valence-corrected chi connectivity index (χ2v) is 6.55. The molecule has 0 bridgehead atoms. The number of para-hydroxylation sites is 1. The normalized spacial score (nSPS) is 15.4. The quantitative estimate of drug-likeness (QED) is 0.456. The van der Waals surface area contributed by atoms with Crippen molar-refractivity contribution in [3.05, 3.63) is 63.0 Å². The molecular weight excluding hydrogens is 348 g/mol. The fourth-order valence-electron chi connectivity index (χ4n) is 3.14. The van der Waals surface area contributed by atoms with Crippen molar-refractivity contribution in [1.29, 1.82) is 0 Å². The number of hydrogen-bond donors (Lipinski definition) is 0. The minimum atomic E-state index is -0.447. The van der Waals surface area contributed by atoms with Crippen molar-refractivity contribution in [3.8, 4) is 0 Å². The average molecular weight is 370 g/mol. The van der Waals surface area contributed by atoms with Gasteiger partial charge in [0.2, 0.25) is 5.91 Å². The standard InChI is InChI=1S/C19H22N4O4/c1-14-17(15(2)27-20-14)13-21-9-11-22(12-10-21)19(24)8-7-16-5-3-4-6-18(16)23(25)26/h3-8H,9-13H2,1-2H3/b8-7+. The monoisotopic (exact) mass is 370 g/mol. The van der Waals surface area contributed by atoms with Gasteiger partial charge in [0.15, 0.2) is 0 Å². The summed E-state index contributed by atoms with van der Waals surface area (Å²) < 4.78 is 5.20. The number of piperazine rings is 1. The number of nitro groups is 1. The molecule has 1 fully saturated rings. The van der Waals surface area contributed by atoms with Gasteiger partial charge in [-0.2, -0.15) is 0 Å². The lowest BCUT2D eigenvalue weighted by molar-refractivity contribution is -0.385. The summed E-state index contributed by atoms with van der Waals surface area (Å²) in [6, 6.07) is 6.38. The molecule has 27 heavy (non-hydrogen) atoms. The molecule has 1 saturated heterocycles. The summed E-state index contributed by atoms with van der Waals surface area (Å²) in [4.78, 5) is 27.0. The van der Waals surface area contributed by atoms with Crippen LogP contribution in [0.4, 0.5) is 5.69 Å². The molecule has 0 aliphatic carbocycles. The van der Waals surface area contributed by atoms with E-state index in [1.165, 1.54) is 18.2 Å². The molecule has 0 N–H and O–H groups in total. The highest BCUT2D eigenvalue weighted by molar-refractivity contribution is 5.92. The Bertz CT molecular complexity index is 847. The van der Waals surface area contributed by atoms with Crippen molar-refractivity contribution in [2.45, 2.75) is 20.4 Å². The molecule has 0 atom stereocenters. The lowest BCUT2D eigenvalue weighted by atomic mass is 10.1. The molecule has 1 aromatic carbocycles. The van der Waals surface area contributed by atoms with Gasteiger partial charge in [0.1, 0.15) is 5.76 Å². The average Bonchev–Trinajstić information content (AvgIpc) is 2.99. The van der Waals surface area contributed by atoms with Gasteiger partial charge in [-0.25, -0.2) is 0 Å². The highest BCUT2D eigenvalue weighted by atomic mass is 16.6. The first-order chi connectivity index (χ1) is 13.0. The molecule has 1 aliphatic heterocycles. The molecule has 8 heteroatoms. The summed E-state index contributed by atoms with van der Waals surface area (Å²) in [5.74, 6) is 0.698. The van der Waals surface area contributed by atoms with Crippen molar-refractivity contribution in [3.63, 3.8) is 0 Å². The summed E-state index contributed by atoms with van der Waals surface area (Å²) in [7, 11) is 0. The van der Waals surface area contributed by atoms with Crippen molar-refractivity contribution < 1.29 is 14.2 Å². The molecule has 0 saturated carbocycles. The summed E-state index contributed by atoms with van der Waals surface area (Å²) in [6.07, 6.45) is 2.92. The SMILES string of the molecule is Cc1noc(C)c1CN1CCN(C(=O)/C=C/c2ccccc2[N+](=O)[O-])CC1. The Hall–Kier alpha value is -3.00. The largest absolute Gasteiger partial charge is 0.361 e. The topological polar surface area (TPSA) is 92.7 Å². The Kier molecular flexibility index (Phi) is 5.66. The molecule has 1 amide bonds. The van der Waals surface area contributed by atoms with E-state index in [2.05, 4.69) is 10.1 Å². The van der Waals surface area contributed by atoms with E-state index in [9.17, 15) is 14.9 Å². The zero-order valence-electron chi connectivity index (χ0n) is 15.4. The predicted molar refractivity (Wildman–Crippen MR) is 100.0 cm³/mol. The summed E-state index contributed by atoms with van der Waals surface area (Å²) in [5, 5.41) is 15.0. The van der Waals surface area contributed by atoms with Crippen molar-refractivity contribution in [1.82, 2.24) is 15.0 Å². The van der Waals surface area contributed by atoms with E-state index in [1.54, 1.807) is 23.1 Å². The second kappa shape index (κ2) is 8.13. The van der Waals surface area contributed by atoms with Gasteiger partial charge >= 0.3 is 0 Å². The van der Waals surface area contributed by atoms with Crippen LogP contribution in [0.15, 0.2) is 34.9 Å². The number of amides is 1. The zero-order valence-corrected chi connectivity index (χ0v) is 15.4. The molecule has 1 aliphatic rings. The fourth-order valence-corrected chi connectivity index (χ4v) is 3.14. The number of hydrogen-bond acceptors (Lipinski definition) is 6. The molecule has 0 radical (unpaired) electrons. The molecule has 0 spiro atoms. The first kappa shape index (κ1) is 18.8. The molecule has 0 unspecified atom stereocenters. The van der Waals surface area contributed by atoms with E-state index in [1.807, 2.05) is 13.8 Å². The van der Waals surface area contributed by atoms with Crippen LogP contribution in [-0.2, 0) is 11.3 Å². The van der Waals surface area contributed by atoms with E-state index in [4.69, 9.17) is 4.52 Å². The lowest BCUT2D eigenvalue weighted by Gasteiger charge is -2.34. The number of aromatic nitrogens is 1. The van der Waals surface area contributed by atoms with Gasteiger partial charge in [-0.15, -0.1) is 0 Å². The van der Waals surface area contributed by atoms with Crippen molar-refractivity contribution in [2.75, 3.05) is 26.2 Å². The van der Waals surface area contributed by atoms with Gasteiger partial charge in [0.05, 0.1) is 16.2 Å². The molecule has 2 aromatic rings. The maximum absolute atomic E-state index is 12.4. The van der Waals surface area contributed by atoms with Crippen LogP contribution in [-0.4, -0.2) is 52.0 Å².